The molecule has 1 amide bonds. The molecule has 1 atom stereocenters. The first-order valence-corrected chi connectivity index (χ1v) is 11.3. The van der Waals surface area contributed by atoms with Gasteiger partial charge in [-0.3, -0.25) is 19.7 Å². The number of benzene rings is 2. The lowest BCUT2D eigenvalue weighted by Gasteiger charge is -2.28. The molecule has 0 saturated carbocycles. The molecule has 1 saturated heterocycles. The van der Waals surface area contributed by atoms with Crippen LogP contribution < -0.4 is 4.74 Å². The first-order chi connectivity index (χ1) is 16.3. The molecule has 3 rings (SSSR count). The minimum Gasteiger partial charge on any atom is -0.507 e. The van der Waals surface area contributed by atoms with Gasteiger partial charge < -0.3 is 19.6 Å². The standard InChI is InChI=1S/C25H29N3O6/c1-4-26(5-2)15-16-27-22(17-7-11-19(12-8-17)28(32)33)21(24(30)25(27)31)23(29)18-9-13-20(14-10-18)34-6-3/h7-14,22,29H,4-6,15-16H2,1-3H3/b23-21+/t22-/m1/s1. The van der Waals surface area contributed by atoms with Crippen LogP contribution in [0.3, 0.4) is 0 Å². The largest absolute Gasteiger partial charge is 0.507 e. The van der Waals surface area contributed by atoms with Crippen molar-refractivity contribution in [2.24, 2.45) is 0 Å². The number of likely N-dealkylation sites (tertiary alicyclic amines) is 1. The maximum absolute atomic E-state index is 13.1. The summed E-state index contributed by atoms with van der Waals surface area (Å²) in [4.78, 5) is 40.3. The van der Waals surface area contributed by atoms with Crippen molar-refractivity contribution in [3.8, 4) is 5.75 Å². The molecule has 0 radical (unpaired) electrons. The maximum atomic E-state index is 13.1. The third-order valence-electron chi connectivity index (χ3n) is 5.95. The zero-order valence-electron chi connectivity index (χ0n) is 19.6. The highest BCUT2D eigenvalue weighted by atomic mass is 16.6. The van der Waals surface area contributed by atoms with Gasteiger partial charge in [-0.1, -0.05) is 13.8 Å². The summed E-state index contributed by atoms with van der Waals surface area (Å²) in [7, 11) is 0. The molecule has 9 nitrogen and oxygen atoms in total. The molecule has 0 spiro atoms. The van der Waals surface area contributed by atoms with Gasteiger partial charge in [0.1, 0.15) is 11.5 Å². The topological polar surface area (TPSA) is 113 Å². The minimum absolute atomic E-state index is 0.0393. The second-order valence-electron chi connectivity index (χ2n) is 7.83. The Hall–Kier alpha value is -3.72. The average molecular weight is 468 g/mol. The maximum Gasteiger partial charge on any atom is 0.295 e. The molecule has 2 aromatic rings. The van der Waals surface area contributed by atoms with Crippen molar-refractivity contribution in [2.75, 3.05) is 32.8 Å². The molecular formula is C25H29N3O6. The van der Waals surface area contributed by atoms with Crippen molar-refractivity contribution in [3.63, 3.8) is 0 Å². The number of carbonyl (C=O) groups is 2. The van der Waals surface area contributed by atoms with Crippen LogP contribution >= 0.6 is 0 Å². The number of Topliss-reactive ketones (excluding diaryl/α,β-unsaturated/α-hetero) is 1. The zero-order valence-corrected chi connectivity index (χ0v) is 19.6. The van der Waals surface area contributed by atoms with Crippen LogP contribution in [0.4, 0.5) is 5.69 Å². The number of nitrogens with zero attached hydrogens (tertiary/aromatic N) is 3. The summed E-state index contributed by atoms with van der Waals surface area (Å²) in [6.45, 7) is 8.76. The van der Waals surface area contributed by atoms with E-state index in [-0.39, 0.29) is 23.6 Å². The molecule has 1 aliphatic heterocycles. The van der Waals surface area contributed by atoms with Gasteiger partial charge in [-0.15, -0.1) is 0 Å². The van der Waals surface area contributed by atoms with Crippen molar-refractivity contribution in [3.05, 3.63) is 75.3 Å². The quantitative estimate of drug-likeness (QED) is 0.186. The van der Waals surface area contributed by atoms with Gasteiger partial charge in [-0.05, 0) is 62.0 Å². The number of nitro benzene ring substituents is 1. The molecule has 2 aromatic carbocycles. The van der Waals surface area contributed by atoms with E-state index in [1.807, 2.05) is 20.8 Å². The summed E-state index contributed by atoms with van der Waals surface area (Å²) in [5.41, 5.74) is 0.742. The molecule has 0 bridgehead atoms. The summed E-state index contributed by atoms with van der Waals surface area (Å²) in [5, 5.41) is 22.2. The molecular weight excluding hydrogens is 438 g/mol. The summed E-state index contributed by atoms with van der Waals surface area (Å²) in [5.74, 6) is -1.17. The Labute approximate surface area is 198 Å². The Balaban J connectivity index is 2.07. The summed E-state index contributed by atoms with van der Waals surface area (Å²) >= 11 is 0. The van der Waals surface area contributed by atoms with Crippen molar-refractivity contribution in [1.29, 1.82) is 0 Å². The van der Waals surface area contributed by atoms with Crippen LogP contribution in [0.2, 0.25) is 0 Å². The smallest absolute Gasteiger partial charge is 0.295 e. The van der Waals surface area contributed by atoms with E-state index >= 15 is 0 Å². The van der Waals surface area contributed by atoms with Gasteiger partial charge in [0, 0.05) is 30.8 Å². The Morgan fingerprint density at radius 2 is 1.68 bits per heavy atom. The predicted octanol–water partition coefficient (Wildman–Crippen LogP) is 3.76. The fourth-order valence-electron chi connectivity index (χ4n) is 4.06. The minimum atomic E-state index is -0.858. The number of amides is 1. The van der Waals surface area contributed by atoms with Gasteiger partial charge in [-0.25, -0.2) is 0 Å². The van der Waals surface area contributed by atoms with Crippen LogP contribution in [0.5, 0.6) is 5.75 Å². The van der Waals surface area contributed by atoms with E-state index in [0.29, 0.717) is 30.0 Å². The average Bonchev–Trinajstić information content (AvgIpc) is 3.10. The number of non-ortho nitro benzene ring substituents is 1. The number of carbonyl (C=O) groups excluding carboxylic acids is 2. The number of rotatable bonds is 10. The fraction of sp³-hybridized carbons (Fsp3) is 0.360. The number of likely N-dealkylation sites (N-methyl/N-ethyl adjacent to an activating group) is 1. The van der Waals surface area contributed by atoms with Crippen molar-refractivity contribution in [2.45, 2.75) is 26.8 Å². The zero-order chi connectivity index (χ0) is 24.8. The second-order valence-corrected chi connectivity index (χ2v) is 7.83. The van der Waals surface area contributed by atoms with E-state index in [4.69, 9.17) is 4.74 Å². The van der Waals surface area contributed by atoms with Crippen molar-refractivity contribution >= 4 is 23.1 Å². The molecule has 1 heterocycles. The highest BCUT2D eigenvalue weighted by Crippen LogP contribution is 2.39. The number of ketones is 1. The summed E-state index contributed by atoms with van der Waals surface area (Å²) in [6.07, 6.45) is 0. The molecule has 1 fully saturated rings. The molecule has 0 unspecified atom stereocenters. The van der Waals surface area contributed by atoms with E-state index in [2.05, 4.69) is 4.90 Å². The summed E-state index contributed by atoms with van der Waals surface area (Å²) < 4.78 is 5.43. The number of hydrogen-bond donors (Lipinski definition) is 1. The normalized spacial score (nSPS) is 17.4. The number of aliphatic hydroxyl groups excluding tert-OH is 1. The lowest BCUT2D eigenvalue weighted by atomic mass is 9.95. The first kappa shape index (κ1) is 24.9. The van der Waals surface area contributed by atoms with Gasteiger partial charge in [0.2, 0.25) is 0 Å². The third kappa shape index (κ3) is 5.09. The predicted molar refractivity (Wildman–Crippen MR) is 128 cm³/mol. The molecule has 180 valence electrons. The van der Waals surface area contributed by atoms with E-state index in [0.717, 1.165) is 13.1 Å². The van der Waals surface area contributed by atoms with E-state index in [1.54, 1.807) is 24.3 Å². The molecule has 0 aromatic heterocycles. The molecule has 1 aliphatic rings. The Kier molecular flexibility index (Phi) is 8.01. The number of aliphatic hydroxyl groups is 1. The number of nitro groups is 1. The van der Waals surface area contributed by atoms with Gasteiger partial charge >= 0.3 is 0 Å². The second kappa shape index (κ2) is 10.9. The molecule has 34 heavy (non-hydrogen) atoms. The van der Waals surface area contributed by atoms with Gasteiger partial charge in [0.05, 0.1) is 23.1 Å². The molecule has 0 aliphatic carbocycles. The van der Waals surface area contributed by atoms with Crippen LogP contribution in [0.25, 0.3) is 5.76 Å². The van der Waals surface area contributed by atoms with Gasteiger partial charge in [0.15, 0.2) is 0 Å². The first-order valence-electron chi connectivity index (χ1n) is 11.3. The highest BCUT2D eigenvalue weighted by molar-refractivity contribution is 6.46. The monoisotopic (exact) mass is 467 g/mol. The molecule has 9 heteroatoms. The fourth-order valence-corrected chi connectivity index (χ4v) is 4.06. The van der Waals surface area contributed by atoms with Gasteiger partial charge in [0.25, 0.3) is 17.4 Å². The Morgan fingerprint density at radius 1 is 1.06 bits per heavy atom. The van der Waals surface area contributed by atoms with Crippen molar-refractivity contribution in [1.82, 2.24) is 9.80 Å². The lowest BCUT2D eigenvalue weighted by Crippen LogP contribution is -2.38. The van der Waals surface area contributed by atoms with E-state index < -0.39 is 22.7 Å². The Bertz CT molecular complexity index is 1070. The van der Waals surface area contributed by atoms with Gasteiger partial charge in [-0.2, -0.15) is 0 Å². The van der Waals surface area contributed by atoms with Crippen molar-refractivity contribution < 1.29 is 24.4 Å². The number of hydrogen-bond acceptors (Lipinski definition) is 7. The summed E-state index contributed by atoms with van der Waals surface area (Å²) in [6, 6.07) is 11.4. The van der Waals surface area contributed by atoms with E-state index in [1.165, 1.54) is 29.2 Å². The molecule has 1 N–H and O–H groups in total. The Morgan fingerprint density at radius 3 is 2.21 bits per heavy atom. The third-order valence-corrected chi connectivity index (χ3v) is 5.95. The van der Waals surface area contributed by atoms with Crippen LogP contribution in [0, 0.1) is 10.1 Å². The van der Waals surface area contributed by atoms with Crippen LogP contribution in [0.15, 0.2) is 54.1 Å². The van der Waals surface area contributed by atoms with Crippen LogP contribution in [-0.4, -0.2) is 64.3 Å². The van der Waals surface area contributed by atoms with Crippen LogP contribution in [-0.2, 0) is 9.59 Å². The van der Waals surface area contributed by atoms with Crippen LogP contribution in [0.1, 0.15) is 37.9 Å². The van der Waals surface area contributed by atoms with E-state index in [9.17, 15) is 24.8 Å². The highest BCUT2D eigenvalue weighted by Gasteiger charge is 2.46. The number of ether oxygens (including phenoxy) is 1. The SMILES string of the molecule is CCOc1ccc(/C(O)=C2\C(=O)C(=O)N(CCN(CC)CC)[C@@H]2c2ccc([N+](=O)[O-])cc2)cc1. The lowest BCUT2D eigenvalue weighted by molar-refractivity contribution is -0.384.